The number of benzene rings is 1. The zero-order chi connectivity index (χ0) is 24.6. The van der Waals surface area contributed by atoms with E-state index in [2.05, 4.69) is 50.1 Å². The van der Waals surface area contributed by atoms with Crippen LogP contribution in [-0.4, -0.2) is 58.8 Å². The van der Waals surface area contributed by atoms with E-state index >= 15 is 0 Å². The second kappa shape index (κ2) is 7.92. The fraction of sp³-hybridized carbons (Fsp3) is 0.467. The molecule has 1 aliphatic carbocycles. The fourth-order valence-electron chi connectivity index (χ4n) is 7.18. The van der Waals surface area contributed by atoms with Crippen LogP contribution in [0, 0.1) is 10.8 Å². The monoisotopic (exact) mass is 495 g/mol. The summed E-state index contributed by atoms with van der Waals surface area (Å²) in [7, 11) is 0. The van der Waals surface area contributed by atoms with Gasteiger partial charge in [-0.1, -0.05) is 18.6 Å². The second-order valence-electron chi connectivity index (χ2n) is 12.2. The number of likely N-dealkylation sites (tertiary alicyclic amines) is 1. The van der Waals surface area contributed by atoms with Crippen LogP contribution < -0.4 is 10.5 Å². The first kappa shape index (κ1) is 21.9. The van der Waals surface area contributed by atoms with Crippen LogP contribution in [0.5, 0.6) is 0 Å². The average Bonchev–Trinajstić information content (AvgIpc) is 3.43. The number of nitrogens with one attached hydrogen (secondary N) is 1. The lowest BCUT2D eigenvalue weighted by Crippen LogP contribution is -2.66. The summed E-state index contributed by atoms with van der Waals surface area (Å²) in [5, 5.41) is 2.91. The molecule has 3 saturated heterocycles. The number of anilines is 1. The number of H-pyrrole nitrogens is 1. The number of pyridine rings is 2. The smallest absolute Gasteiger partial charge is 0.260 e. The zero-order valence-corrected chi connectivity index (χ0v) is 21.2. The molecule has 190 valence electrons. The van der Waals surface area contributed by atoms with E-state index in [0.717, 1.165) is 55.0 Å². The van der Waals surface area contributed by atoms with Gasteiger partial charge in [-0.25, -0.2) is 0 Å². The summed E-state index contributed by atoms with van der Waals surface area (Å²) in [6, 6.07) is 10.9. The molecule has 7 heteroatoms. The van der Waals surface area contributed by atoms with Gasteiger partial charge in [-0.05, 0) is 60.4 Å². The summed E-state index contributed by atoms with van der Waals surface area (Å²) in [5.74, 6) is 0. The van der Waals surface area contributed by atoms with Crippen molar-refractivity contribution >= 4 is 27.4 Å². The molecule has 0 unspecified atom stereocenters. The third kappa shape index (κ3) is 3.55. The lowest BCUT2D eigenvalue weighted by Gasteiger charge is -2.56. The highest BCUT2D eigenvalue weighted by Crippen LogP contribution is 2.48. The van der Waals surface area contributed by atoms with Crippen molar-refractivity contribution in [1.29, 1.82) is 0 Å². The number of fused-ring (bicyclic) bond motifs is 2. The molecule has 1 N–H and O–H groups in total. The number of rotatable bonds is 5. The van der Waals surface area contributed by atoms with E-state index in [-0.39, 0.29) is 5.56 Å². The lowest BCUT2D eigenvalue weighted by molar-refractivity contribution is -0.126. The number of nitrogens with zero attached hydrogens (tertiary/aromatic N) is 4. The van der Waals surface area contributed by atoms with Gasteiger partial charge in [0, 0.05) is 55.2 Å². The molecule has 3 aliphatic heterocycles. The first-order valence-electron chi connectivity index (χ1n) is 13.7. The van der Waals surface area contributed by atoms with Gasteiger partial charge in [-0.3, -0.25) is 14.7 Å². The van der Waals surface area contributed by atoms with Gasteiger partial charge in [-0.2, -0.15) is 0 Å². The SMILES string of the molecule is O=c1c2cncc(N3CC4(COC4)C3)c2ccn1Cc1ccc2cc(CN3CCC4(CCC4)C3)[nH]c2c1. The summed E-state index contributed by atoms with van der Waals surface area (Å²) in [4.78, 5) is 26.4. The molecule has 4 aliphatic rings. The summed E-state index contributed by atoms with van der Waals surface area (Å²) < 4.78 is 7.22. The van der Waals surface area contributed by atoms with E-state index in [0.29, 0.717) is 22.8 Å². The van der Waals surface area contributed by atoms with E-state index in [4.69, 9.17) is 4.74 Å². The van der Waals surface area contributed by atoms with Crippen LogP contribution in [0.2, 0.25) is 0 Å². The zero-order valence-electron chi connectivity index (χ0n) is 21.2. The fourth-order valence-corrected chi connectivity index (χ4v) is 7.18. The Hall–Kier alpha value is -3.16. The predicted molar refractivity (Wildman–Crippen MR) is 145 cm³/mol. The molecular weight excluding hydrogens is 462 g/mol. The molecule has 7 nitrogen and oxygen atoms in total. The van der Waals surface area contributed by atoms with Gasteiger partial charge < -0.3 is 19.2 Å². The van der Waals surface area contributed by atoms with Crippen LogP contribution >= 0.6 is 0 Å². The molecule has 1 saturated carbocycles. The van der Waals surface area contributed by atoms with Gasteiger partial charge in [0.1, 0.15) is 0 Å². The Morgan fingerprint density at radius 1 is 0.946 bits per heavy atom. The van der Waals surface area contributed by atoms with Crippen molar-refractivity contribution in [3.8, 4) is 0 Å². The molecule has 0 bridgehead atoms. The van der Waals surface area contributed by atoms with Gasteiger partial charge in [0.05, 0.1) is 42.4 Å². The minimum Gasteiger partial charge on any atom is -0.380 e. The van der Waals surface area contributed by atoms with Crippen molar-refractivity contribution in [2.24, 2.45) is 10.8 Å². The maximum absolute atomic E-state index is 13.4. The van der Waals surface area contributed by atoms with Crippen molar-refractivity contribution < 1.29 is 4.74 Å². The summed E-state index contributed by atoms with van der Waals surface area (Å²) in [5.41, 5.74) is 5.57. The van der Waals surface area contributed by atoms with Crippen molar-refractivity contribution in [1.82, 2.24) is 19.4 Å². The topological polar surface area (TPSA) is 66.4 Å². The number of hydrogen-bond acceptors (Lipinski definition) is 5. The highest BCUT2D eigenvalue weighted by molar-refractivity contribution is 5.93. The van der Waals surface area contributed by atoms with Crippen LogP contribution in [0.4, 0.5) is 5.69 Å². The Balaban J connectivity index is 1.02. The molecule has 37 heavy (non-hydrogen) atoms. The molecule has 2 spiro atoms. The Morgan fingerprint density at radius 2 is 1.84 bits per heavy atom. The molecule has 0 atom stereocenters. The molecule has 3 aromatic heterocycles. The Labute approximate surface area is 216 Å². The first-order valence-corrected chi connectivity index (χ1v) is 13.7. The van der Waals surface area contributed by atoms with Gasteiger partial charge in [-0.15, -0.1) is 0 Å². The molecule has 4 aromatic rings. The van der Waals surface area contributed by atoms with E-state index in [1.807, 2.05) is 12.4 Å². The highest BCUT2D eigenvalue weighted by Gasteiger charge is 2.49. The van der Waals surface area contributed by atoms with Crippen LogP contribution in [0.25, 0.3) is 21.7 Å². The van der Waals surface area contributed by atoms with Crippen molar-refractivity contribution in [2.75, 3.05) is 44.3 Å². The highest BCUT2D eigenvalue weighted by atomic mass is 16.5. The average molecular weight is 496 g/mol. The number of aromatic nitrogens is 3. The maximum atomic E-state index is 13.4. The van der Waals surface area contributed by atoms with Gasteiger partial charge in [0.25, 0.3) is 5.56 Å². The molecule has 1 aromatic carbocycles. The Morgan fingerprint density at radius 3 is 2.59 bits per heavy atom. The predicted octanol–water partition coefficient (Wildman–Crippen LogP) is 4.14. The number of hydrogen-bond donors (Lipinski definition) is 1. The molecule has 0 amide bonds. The molecule has 4 fully saturated rings. The van der Waals surface area contributed by atoms with Crippen molar-refractivity contribution in [2.45, 2.75) is 38.8 Å². The van der Waals surface area contributed by atoms with E-state index < -0.39 is 0 Å². The summed E-state index contributed by atoms with van der Waals surface area (Å²) in [6.07, 6.45) is 11.2. The van der Waals surface area contributed by atoms with Crippen molar-refractivity contribution in [3.63, 3.8) is 0 Å². The Bertz CT molecular complexity index is 1570. The third-order valence-electron chi connectivity index (χ3n) is 9.51. The van der Waals surface area contributed by atoms with E-state index in [1.54, 1.807) is 10.8 Å². The van der Waals surface area contributed by atoms with E-state index in [9.17, 15) is 4.79 Å². The van der Waals surface area contributed by atoms with Crippen LogP contribution in [-0.2, 0) is 17.8 Å². The van der Waals surface area contributed by atoms with Crippen LogP contribution in [0.3, 0.4) is 0 Å². The van der Waals surface area contributed by atoms with Gasteiger partial charge in [0.2, 0.25) is 0 Å². The molecular formula is C30H33N5O2. The second-order valence-corrected chi connectivity index (χ2v) is 12.2. The standard InChI is InChI=1S/C30H33N5O2/c36-28-25-12-31-13-27(35-17-30(18-35)19-37-20-30)24(25)4-8-34(28)14-21-2-3-22-11-23(32-26(22)10-21)15-33-9-7-29(16-33)5-1-6-29/h2-4,8,10-13,32H,1,5-7,9,14-20H2. The third-order valence-corrected chi connectivity index (χ3v) is 9.51. The summed E-state index contributed by atoms with van der Waals surface area (Å²) >= 11 is 0. The number of ether oxygens (including phenoxy) is 1. The quantitative estimate of drug-likeness (QED) is 0.451. The first-order chi connectivity index (χ1) is 18.1. The van der Waals surface area contributed by atoms with Gasteiger partial charge in [0.15, 0.2) is 0 Å². The Kier molecular flexibility index (Phi) is 4.68. The maximum Gasteiger partial charge on any atom is 0.260 e. The largest absolute Gasteiger partial charge is 0.380 e. The van der Waals surface area contributed by atoms with E-state index in [1.165, 1.54) is 49.9 Å². The van der Waals surface area contributed by atoms with Gasteiger partial charge >= 0.3 is 0 Å². The van der Waals surface area contributed by atoms with Crippen molar-refractivity contribution in [3.05, 3.63) is 70.5 Å². The molecule has 0 radical (unpaired) electrons. The number of aromatic amines is 1. The minimum atomic E-state index is 0.0142. The normalized spacial score (nSPS) is 22.0. The lowest BCUT2D eigenvalue weighted by atomic mass is 9.68. The van der Waals surface area contributed by atoms with Crippen LogP contribution in [0.15, 0.2) is 53.7 Å². The minimum absolute atomic E-state index is 0.0142. The summed E-state index contributed by atoms with van der Waals surface area (Å²) in [6.45, 7) is 7.66. The molecule has 8 rings (SSSR count). The van der Waals surface area contributed by atoms with Crippen LogP contribution in [0.1, 0.15) is 36.9 Å². The molecule has 6 heterocycles.